The Labute approximate surface area is 145 Å². The van der Waals surface area contributed by atoms with Crippen LogP contribution in [0, 0.1) is 22.7 Å². The lowest BCUT2D eigenvalue weighted by molar-refractivity contribution is -0.112. The van der Waals surface area contributed by atoms with Crippen molar-refractivity contribution in [2.75, 3.05) is 38.6 Å². The highest BCUT2D eigenvalue weighted by molar-refractivity contribution is 6.07. The topological polar surface area (TPSA) is 109 Å². The molecule has 8 heteroatoms. The first-order chi connectivity index (χ1) is 12.1. The van der Waals surface area contributed by atoms with Gasteiger partial charge in [0.2, 0.25) is 0 Å². The number of carbonyl (C=O) groups excluding carboxylic acids is 2. The molecule has 0 aromatic heterocycles. The number of benzene rings is 1. The van der Waals surface area contributed by atoms with Crippen LogP contribution >= 0.6 is 0 Å². The van der Waals surface area contributed by atoms with Crippen molar-refractivity contribution in [2.45, 2.75) is 0 Å². The zero-order valence-electron chi connectivity index (χ0n) is 13.7. The molecule has 0 radical (unpaired) electrons. The van der Waals surface area contributed by atoms with Crippen molar-refractivity contribution in [1.82, 2.24) is 9.80 Å². The molecule has 1 saturated heterocycles. The van der Waals surface area contributed by atoms with Gasteiger partial charge in [-0.2, -0.15) is 10.5 Å². The molecule has 0 saturated carbocycles. The normalized spacial score (nSPS) is 14.3. The van der Waals surface area contributed by atoms with Gasteiger partial charge < -0.3 is 19.9 Å². The molecule has 1 aliphatic rings. The third kappa shape index (κ3) is 4.49. The summed E-state index contributed by atoms with van der Waals surface area (Å²) in [7, 11) is 1.33. The summed E-state index contributed by atoms with van der Waals surface area (Å²) < 4.78 is 4.66. The van der Waals surface area contributed by atoms with E-state index in [1.807, 2.05) is 12.1 Å². The Bertz CT molecular complexity index is 767. The van der Waals surface area contributed by atoms with Crippen molar-refractivity contribution in [3.8, 4) is 12.1 Å². The summed E-state index contributed by atoms with van der Waals surface area (Å²) in [4.78, 5) is 27.1. The number of ether oxygens (including phenoxy) is 1. The molecule has 128 valence electrons. The van der Waals surface area contributed by atoms with Gasteiger partial charge in [0.05, 0.1) is 18.4 Å². The third-order valence-electron chi connectivity index (χ3n) is 3.72. The van der Waals surface area contributed by atoms with E-state index in [4.69, 9.17) is 5.26 Å². The quantitative estimate of drug-likeness (QED) is 0.656. The van der Waals surface area contributed by atoms with E-state index in [-0.39, 0.29) is 5.57 Å². The van der Waals surface area contributed by atoms with Crippen LogP contribution in [0.1, 0.15) is 5.56 Å². The average Bonchev–Trinajstić information content (AvgIpc) is 2.66. The minimum Gasteiger partial charge on any atom is -0.453 e. The van der Waals surface area contributed by atoms with Crippen molar-refractivity contribution < 1.29 is 14.3 Å². The first kappa shape index (κ1) is 17.8. The van der Waals surface area contributed by atoms with E-state index in [1.54, 1.807) is 34.1 Å². The van der Waals surface area contributed by atoms with Crippen LogP contribution in [0.4, 0.5) is 10.5 Å². The number of rotatable bonds is 3. The maximum absolute atomic E-state index is 12.3. The fourth-order valence-corrected chi connectivity index (χ4v) is 2.36. The minimum atomic E-state index is -0.583. The molecule has 1 heterocycles. The molecular weight excluding hydrogens is 322 g/mol. The second kappa shape index (κ2) is 8.37. The number of carbonyl (C=O) groups is 2. The van der Waals surface area contributed by atoms with Gasteiger partial charge in [0.15, 0.2) is 0 Å². The second-order valence-corrected chi connectivity index (χ2v) is 5.26. The van der Waals surface area contributed by atoms with E-state index in [9.17, 15) is 14.9 Å². The van der Waals surface area contributed by atoms with Crippen LogP contribution in [0.3, 0.4) is 0 Å². The summed E-state index contributed by atoms with van der Waals surface area (Å²) in [5.41, 5.74) is 0.603. The van der Waals surface area contributed by atoms with Gasteiger partial charge in [-0.05, 0) is 12.1 Å². The molecule has 1 aromatic rings. The summed E-state index contributed by atoms with van der Waals surface area (Å²) in [6.07, 6.45) is 1.08. The molecule has 0 bridgehead atoms. The first-order valence-electron chi connectivity index (χ1n) is 7.58. The van der Waals surface area contributed by atoms with E-state index < -0.39 is 12.0 Å². The smallest absolute Gasteiger partial charge is 0.409 e. The molecule has 0 unspecified atom stereocenters. The van der Waals surface area contributed by atoms with Crippen LogP contribution in [0.2, 0.25) is 0 Å². The lowest BCUT2D eigenvalue weighted by Crippen LogP contribution is -2.47. The molecule has 0 aliphatic carbocycles. The first-order valence-corrected chi connectivity index (χ1v) is 7.58. The second-order valence-electron chi connectivity index (χ2n) is 5.26. The van der Waals surface area contributed by atoms with Gasteiger partial charge >= 0.3 is 6.09 Å². The molecule has 0 spiro atoms. The Hall–Kier alpha value is -3.52. The largest absolute Gasteiger partial charge is 0.453 e. The number of hydrogen-bond acceptors (Lipinski definition) is 6. The molecule has 2 amide bonds. The van der Waals surface area contributed by atoms with Crippen molar-refractivity contribution in [1.29, 1.82) is 10.5 Å². The van der Waals surface area contributed by atoms with Gasteiger partial charge in [0.25, 0.3) is 5.91 Å². The standard InChI is InChI=1S/C17H17N5O3/c1-25-17(24)22-8-6-21(7-9-22)12-14(11-19)16(23)20-15-5-3-2-4-13(15)10-18/h2-5,12H,6-9H2,1H3,(H,20,23)/b14-12-. The summed E-state index contributed by atoms with van der Waals surface area (Å²) in [6, 6.07) is 10.4. The van der Waals surface area contributed by atoms with E-state index >= 15 is 0 Å². The van der Waals surface area contributed by atoms with Crippen molar-refractivity contribution in [3.05, 3.63) is 41.6 Å². The number of piperazine rings is 1. The van der Waals surface area contributed by atoms with E-state index in [0.29, 0.717) is 37.4 Å². The van der Waals surface area contributed by atoms with E-state index in [0.717, 1.165) is 0 Å². The van der Waals surface area contributed by atoms with E-state index in [2.05, 4.69) is 10.1 Å². The van der Waals surface area contributed by atoms with Crippen LogP contribution in [-0.2, 0) is 9.53 Å². The predicted octanol–water partition coefficient (Wildman–Crippen LogP) is 1.29. The van der Waals surface area contributed by atoms with Gasteiger partial charge in [0.1, 0.15) is 17.7 Å². The summed E-state index contributed by atoms with van der Waals surface area (Å²) in [5.74, 6) is -0.583. The molecule has 0 atom stereocenters. The molecule has 1 aromatic carbocycles. The van der Waals surface area contributed by atoms with Crippen LogP contribution in [-0.4, -0.2) is 55.1 Å². The predicted molar refractivity (Wildman–Crippen MR) is 89.0 cm³/mol. The van der Waals surface area contributed by atoms with Gasteiger partial charge in [0, 0.05) is 32.4 Å². The van der Waals surface area contributed by atoms with Gasteiger partial charge in [-0.1, -0.05) is 12.1 Å². The number of anilines is 1. The summed E-state index contributed by atoms with van der Waals surface area (Å²) in [6.45, 7) is 1.87. The Balaban J connectivity index is 2.03. The number of amides is 2. The fourth-order valence-electron chi connectivity index (χ4n) is 2.36. The monoisotopic (exact) mass is 339 g/mol. The lowest BCUT2D eigenvalue weighted by Gasteiger charge is -2.33. The highest BCUT2D eigenvalue weighted by Crippen LogP contribution is 2.15. The number of methoxy groups -OCH3 is 1. The number of nitriles is 2. The zero-order valence-corrected chi connectivity index (χ0v) is 13.7. The lowest BCUT2D eigenvalue weighted by atomic mass is 10.2. The fraction of sp³-hybridized carbons (Fsp3) is 0.294. The number of hydrogen-bond donors (Lipinski definition) is 1. The van der Waals surface area contributed by atoms with Gasteiger partial charge in [-0.3, -0.25) is 4.79 Å². The van der Waals surface area contributed by atoms with Crippen LogP contribution in [0.5, 0.6) is 0 Å². The maximum Gasteiger partial charge on any atom is 0.409 e. The van der Waals surface area contributed by atoms with Gasteiger partial charge in [-0.15, -0.1) is 0 Å². The Kier molecular flexibility index (Phi) is 5.97. The van der Waals surface area contributed by atoms with Crippen LogP contribution in [0.25, 0.3) is 0 Å². The van der Waals surface area contributed by atoms with Crippen LogP contribution in [0.15, 0.2) is 36.0 Å². The van der Waals surface area contributed by atoms with Crippen LogP contribution < -0.4 is 5.32 Å². The minimum absolute atomic E-state index is 0.0701. The highest BCUT2D eigenvalue weighted by atomic mass is 16.5. The molecule has 8 nitrogen and oxygen atoms in total. The number of nitrogens with zero attached hydrogens (tertiary/aromatic N) is 4. The highest BCUT2D eigenvalue weighted by Gasteiger charge is 2.21. The van der Waals surface area contributed by atoms with Crippen molar-refractivity contribution >= 4 is 17.7 Å². The summed E-state index contributed by atoms with van der Waals surface area (Å²) >= 11 is 0. The van der Waals surface area contributed by atoms with Crippen molar-refractivity contribution in [2.24, 2.45) is 0 Å². The SMILES string of the molecule is COC(=O)N1CCN(/C=C(/C#N)C(=O)Nc2ccccc2C#N)CC1. The Morgan fingerprint density at radius 1 is 1.20 bits per heavy atom. The van der Waals surface area contributed by atoms with E-state index in [1.165, 1.54) is 13.3 Å². The Morgan fingerprint density at radius 2 is 1.88 bits per heavy atom. The molecule has 1 fully saturated rings. The van der Waals surface area contributed by atoms with Gasteiger partial charge in [-0.25, -0.2) is 4.79 Å². The number of para-hydroxylation sites is 1. The molecular formula is C17H17N5O3. The molecule has 2 rings (SSSR count). The zero-order chi connectivity index (χ0) is 18.2. The van der Waals surface area contributed by atoms with Crippen molar-refractivity contribution in [3.63, 3.8) is 0 Å². The Morgan fingerprint density at radius 3 is 2.48 bits per heavy atom. The molecule has 1 aliphatic heterocycles. The average molecular weight is 339 g/mol. The maximum atomic E-state index is 12.3. The summed E-state index contributed by atoms with van der Waals surface area (Å²) in [5, 5.41) is 20.9. The molecule has 1 N–H and O–H groups in total. The molecule has 25 heavy (non-hydrogen) atoms. The number of nitrogens with one attached hydrogen (secondary N) is 1. The third-order valence-corrected chi connectivity index (χ3v) is 3.72.